The van der Waals surface area contributed by atoms with Crippen molar-refractivity contribution in [1.29, 1.82) is 0 Å². The van der Waals surface area contributed by atoms with E-state index >= 15 is 0 Å². The first-order chi connectivity index (χ1) is 11.6. The average molecular weight is 403 g/mol. The van der Waals surface area contributed by atoms with Gasteiger partial charge in [-0.05, 0) is 84.0 Å². The topological polar surface area (TPSA) is 52.6 Å². The molecule has 2 saturated carbocycles. The SMILES string of the molecule is C.C.C.CC(=O)OC1CCC(C)CC1.CC1CCC(C(=O)OC(C)(C)C)CC1. The van der Waals surface area contributed by atoms with Crippen LogP contribution in [0, 0.1) is 17.8 Å². The van der Waals surface area contributed by atoms with Crippen LogP contribution in [0.15, 0.2) is 0 Å². The summed E-state index contributed by atoms with van der Waals surface area (Å²) in [5, 5.41) is 0. The first-order valence-electron chi connectivity index (χ1n) is 9.97. The van der Waals surface area contributed by atoms with Gasteiger partial charge in [-0.15, -0.1) is 0 Å². The van der Waals surface area contributed by atoms with Gasteiger partial charge in [0, 0.05) is 6.92 Å². The second-order valence-corrected chi connectivity index (χ2v) is 8.98. The number of hydrogen-bond acceptors (Lipinski definition) is 4. The fraction of sp³-hybridized carbons (Fsp3) is 0.917. The van der Waals surface area contributed by atoms with Crippen LogP contribution in [0.25, 0.3) is 0 Å². The minimum Gasteiger partial charge on any atom is -0.463 e. The minimum absolute atomic E-state index is 0. The Balaban J connectivity index is -0.000000412. The summed E-state index contributed by atoms with van der Waals surface area (Å²) >= 11 is 0. The normalized spacial score (nSPS) is 26.6. The molecule has 2 aliphatic rings. The van der Waals surface area contributed by atoms with Crippen molar-refractivity contribution in [3.8, 4) is 0 Å². The zero-order valence-corrected chi connectivity index (χ0v) is 17.1. The number of hydrogen-bond donors (Lipinski definition) is 0. The fourth-order valence-corrected chi connectivity index (χ4v) is 3.46. The largest absolute Gasteiger partial charge is 0.463 e. The molecule has 0 amide bonds. The molecule has 0 aromatic heterocycles. The van der Waals surface area contributed by atoms with Gasteiger partial charge >= 0.3 is 11.9 Å². The number of carbonyl (C=O) groups excluding carboxylic acids is 2. The van der Waals surface area contributed by atoms with Crippen LogP contribution in [0.5, 0.6) is 0 Å². The highest BCUT2D eigenvalue weighted by molar-refractivity contribution is 5.72. The van der Waals surface area contributed by atoms with Gasteiger partial charge in [-0.3, -0.25) is 9.59 Å². The molecule has 4 heteroatoms. The second-order valence-electron chi connectivity index (χ2n) is 8.98. The van der Waals surface area contributed by atoms with Crippen molar-refractivity contribution in [2.45, 2.75) is 127 Å². The van der Waals surface area contributed by atoms with Crippen molar-refractivity contribution in [1.82, 2.24) is 0 Å². The van der Waals surface area contributed by atoms with Crippen molar-refractivity contribution < 1.29 is 19.1 Å². The molecule has 0 saturated heterocycles. The Morgan fingerprint density at radius 1 is 0.750 bits per heavy atom. The minimum atomic E-state index is -0.333. The molecule has 2 fully saturated rings. The number of rotatable bonds is 2. The second kappa shape index (κ2) is 14.9. The van der Waals surface area contributed by atoms with Gasteiger partial charge < -0.3 is 9.47 Å². The van der Waals surface area contributed by atoms with Crippen molar-refractivity contribution in [2.75, 3.05) is 0 Å². The van der Waals surface area contributed by atoms with Gasteiger partial charge in [0.2, 0.25) is 0 Å². The molecule has 0 bridgehead atoms. The molecule has 0 heterocycles. The molecule has 2 rings (SSSR count). The monoisotopic (exact) mass is 402 g/mol. The van der Waals surface area contributed by atoms with Crippen LogP contribution < -0.4 is 0 Å². The molecule has 0 aliphatic heterocycles. The van der Waals surface area contributed by atoms with E-state index in [-0.39, 0.29) is 51.8 Å². The summed E-state index contributed by atoms with van der Waals surface area (Å²) in [7, 11) is 0. The van der Waals surface area contributed by atoms with Crippen molar-refractivity contribution >= 4 is 11.9 Å². The third-order valence-corrected chi connectivity index (χ3v) is 5.05. The molecule has 0 aromatic rings. The third-order valence-electron chi connectivity index (χ3n) is 5.05. The maximum Gasteiger partial charge on any atom is 0.309 e. The van der Waals surface area contributed by atoms with Crippen molar-refractivity contribution in [3.05, 3.63) is 0 Å². The molecule has 2 aliphatic carbocycles. The molecule has 0 unspecified atom stereocenters. The lowest BCUT2D eigenvalue weighted by atomic mass is 9.83. The molecule has 28 heavy (non-hydrogen) atoms. The van der Waals surface area contributed by atoms with E-state index < -0.39 is 0 Å². The van der Waals surface area contributed by atoms with Gasteiger partial charge in [0.15, 0.2) is 0 Å². The van der Waals surface area contributed by atoms with Crippen LogP contribution in [0.2, 0.25) is 0 Å². The van der Waals surface area contributed by atoms with Gasteiger partial charge in [0.25, 0.3) is 0 Å². The number of esters is 2. The van der Waals surface area contributed by atoms with Gasteiger partial charge in [-0.2, -0.15) is 0 Å². The smallest absolute Gasteiger partial charge is 0.309 e. The highest BCUT2D eigenvalue weighted by atomic mass is 16.6. The maximum absolute atomic E-state index is 11.7. The first-order valence-corrected chi connectivity index (χ1v) is 9.97. The molecule has 0 atom stereocenters. The van der Waals surface area contributed by atoms with Crippen LogP contribution in [-0.4, -0.2) is 23.6 Å². The molecular formula is C24H50O4. The van der Waals surface area contributed by atoms with Crippen LogP contribution >= 0.6 is 0 Å². The summed E-state index contributed by atoms with van der Waals surface area (Å²) in [6.45, 7) is 11.8. The number of ether oxygens (including phenoxy) is 2. The Hall–Kier alpha value is -1.06. The van der Waals surface area contributed by atoms with Gasteiger partial charge in [0.1, 0.15) is 11.7 Å². The van der Waals surface area contributed by atoms with Crippen LogP contribution in [-0.2, 0) is 19.1 Å². The van der Waals surface area contributed by atoms with Crippen LogP contribution in [0.1, 0.15) is 115 Å². The lowest BCUT2D eigenvalue weighted by Crippen LogP contribution is -2.30. The van der Waals surface area contributed by atoms with E-state index in [1.54, 1.807) is 0 Å². The van der Waals surface area contributed by atoms with E-state index in [2.05, 4.69) is 13.8 Å². The predicted molar refractivity (Wildman–Crippen MR) is 120 cm³/mol. The molecule has 0 spiro atoms. The Kier molecular flexibility index (Phi) is 16.8. The first kappa shape index (κ1) is 31.6. The van der Waals surface area contributed by atoms with Gasteiger partial charge in [0.05, 0.1) is 5.92 Å². The highest BCUT2D eigenvalue weighted by Crippen LogP contribution is 2.30. The van der Waals surface area contributed by atoms with E-state index in [0.29, 0.717) is 0 Å². The van der Waals surface area contributed by atoms with Crippen molar-refractivity contribution in [2.24, 2.45) is 17.8 Å². The van der Waals surface area contributed by atoms with E-state index in [1.165, 1.54) is 32.6 Å². The van der Waals surface area contributed by atoms with Gasteiger partial charge in [-0.25, -0.2) is 0 Å². The van der Waals surface area contributed by atoms with Gasteiger partial charge in [-0.1, -0.05) is 36.1 Å². The summed E-state index contributed by atoms with van der Waals surface area (Å²) < 4.78 is 10.5. The molecule has 0 aromatic carbocycles. The highest BCUT2D eigenvalue weighted by Gasteiger charge is 2.28. The van der Waals surface area contributed by atoms with E-state index in [0.717, 1.165) is 37.5 Å². The molecule has 0 radical (unpaired) electrons. The average Bonchev–Trinajstić information content (AvgIpc) is 2.49. The van der Waals surface area contributed by atoms with Crippen molar-refractivity contribution in [3.63, 3.8) is 0 Å². The van der Waals surface area contributed by atoms with Crippen LogP contribution in [0.4, 0.5) is 0 Å². The van der Waals surface area contributed by atoms with E-state index in [1.807, 2.05) is 20.8 Å². The maximum atomic E-state index is 11.7. The molecule has 0 N–H and O–H groups in total. The van der Waals surface area contributed by atoms with E-state index in [9.17, 15) is 9.59 Å². The van der Waals surface area contributed by atoms with Crippen LogP contribution in [0.3, 0.4) is 0 Å². The quantitative estimate of drug-likeness (QED) is 0.459. The molecular weight excluding hydrogens is 352 g/mol. The predicted octanol–water partition coefficient (Wildman–Crippen LogP) is 7.19. The summed E-state index contributed by atoms with van der Waals surface area (Å²) in [5.74, 6) is 1.63. The Morgan fingerprint density at radius 2 is 1.14 bits per heavy atom. The summed E-state index contributed by atoms with van der Waals surface area (Å²) in [5.41, 5.74) is -0.333. The fourth-order valence-electron chi connectivity index (χ4n) is 3.46. The third kappa shape index (κ3) is 14.0. The summed E-state index contributed by atoms with van der Waals surface area (Å²) in [4.78, 5) is 22.3. The summed E-state index contributed by atoms with van der Waals surface area (Å²) in [6.07, 6.45) is 9.10. The standard InChI is InChI=1S/C12H22O2.C9H16O2.3CH4/c1-9-5-7-10(8-6-9)11(13)14-12(2,3)4;1-7-3-5-9(6-4-7)11-8(2)10;;;/h9-10H,5-8H2,1-4H3;7,9H,3-6H2,1-2H3;3*1H4. The Labute approximate surface area is 176 Å². The molecule has 4 nitrogen and oxygen atoms in total. The zero-order chi connectivity index (χ0) is 19.0. The lowest BCUT2D eigenvalue weighted by Gasteiger charge is -2.28. The van der Waals surface area contributed by atoms with E-state index in [4.69, 9.17) is 9.47 Å². The summed E-state index contributed by atoms with van der Waals surface area (Å²) in [6, 6.07) is 0. The zero-order valence-electron chi connectivity index (χ0n) is 17.1. The molecule has 170 valence electrons. The number of carbonyl (C=O) groups is 2. The Bertz CT molecular complexity index is 409. The lowest BCUT2D eigenvalue weighted by molar-refractivity contribution is -0.161. The Morgan fingerprint density at radius 3 is 1.50 bits per heavy atom.